The van der Waals surface area contributed by atoms with Crippen molar-refractivity contribution in [3.8, 4) is 0 Å². The maximum Gasteiger partial charge on any atom is 0.251 e. The third kappa shape index (κ3) is 3.72. The molecule has 0 saturated carbocycles. The third-order valence-corrected chi connectivity index (χ3v) is 4.61. The van der Waals surface area contributed by atoms with Crippen molar-refractivity contribution < 1.29 is 14.3 Å². The zero-order valence-corrected chi connectivity index (χ0v) is 14.0. The molecule has 0 aliphatic carbocycles. The molecule has 1 aromatic heterocycles. The Morgan fingerprint density at radius 3 is 3.00 bits per heavy atom. The molecule has 23 heavy (non-hydrogen) atoms. The molecule has 2 atom stereocenters. The van der Waals surface area contributed by atoms with Crippen LogP contribution in [0.15, 0.2) is 0 Å². The van der Waals surface area contributed by atoms with Crippen molar-refractivity contribution in [2.24, 2.45) is 0 Å². The second-order valence-corrected chi connectivity index (χ2v) is 6.26. The lowest BCUT2D eigenvalue weighted by atomic mass is 10.1. The van der Waals surface area contributed by atoms with E-state index in [0.717, 1.165) is 44.1 Å². The minimum atomic E-state index is -0.444. The number of ether oxygens (including phenoxy) is 2. The molecule has 7 heteroatoms. The second kappa shape index (κ2) is 7.40. The van der Waals surface area contributed by atoms with Crippen molar-refractivity contribution in [3.05, 3.63) is 11.6 Å². The molecule has 3 heterocycles. The van der Waals surface area contributed by atoms with Crippen molar-refractivity contribution in [1.29, 1.82) is 0 Å². The maximum absolute atomic E-state index is 12.6. The van der Waals surface area contributed by atoms with Crippen molar-refractivity contribution in [1.82, 2.24) is 19.7 Å². The molecule has 1 saturated heterocycles. The Balaban J connectivity index is 1.51. The smallest absolute Gasteiger partial charge is 0.251 e. The molecule has 0 spiro atoms. The van der Waals surface area contributed by atoms with Gasteiger partial charge in [0.15, 0.2) is 5.82 Å². The first kappa shape index (κ1) is 16.4. The van der Waals surface area contributed by atoms with Crippen molar-refractivity contribution in [2.75, 3.05) is 19.8 Å². The highest BCUT2D eigenvalue weighted by Gasteiger charge is 2.28. The van der Waals surface area contributed by atoms with Gasteiger partial charge in [-0.25, -0.2) is 0 Å². The van der Waals surface area contributed by atoms with Gasteiger partial charge in [0.05, 0.1) is 19.3 Å². The third-order valence-electron chi connectivity index (χ3n) is 4.61. The molecule has 128 valence electrons. The summed E-state index contributed by atoms with van der Waals surface area (Å²) in [7, 11) is 0. The van der Waals surface area contributed by atoms with E-state index in [1.54, 1.807) is 0 Å². The van der Waals surface area contributed by atoms with E-state index in [-0.39, 0.29) is 12.0 Å². The Bertz CT molecular complexity index is 539. The van der Waals surface area contributed by atoms with Crippen LogP contribution in [0.2, 0.25) is 0 Å². The van der Waals surface area contributed by atoms with E-state index in [2.05, 4.69) is 21.7 Å². The summed E-state index contributed by atoms with van der Waals surface area (Å²) in [6.07, 6.45) is 3.88. The monoisotopic (exact) mass is 322 g/mol. The Hall–Kier alpha value is -1.47. The predicted molar refractivity (Wildman–Crippen MR) is 83.8 cm³/mol. The Labute approximate surface area is 137 Å². The fourth-order valence-corrected chi connectivity index (χ4v) is 3.19. The lowest BCUT2D eigenvalue weighted by molar-refractivity contribution is -0.147. The number of hydrogen-bond donors (Lipinski definition) is 0. The molecule has 0 N–H and O–H groups in total. The number of aryl methyl sites for hydroxylation is 1. The van der Waals surface area contributed by atoms with Crippen molar-refractivity contribution in [2.45, 2.75) is 64.8 Å². The largest absolute Gasteiger partial charge is 0.376 e. The van der Waals surface area contributed by atoms with Crippen LogP contribution in [0.4, 0.5) is 0 Å². The first-order chi connectivity index (χ1) is 11.2. The molecule has 1 aromatic rings. The van der Waals surface area contributed by atoms with Gasteiger partial charge in [-0.2, -0.15) is 0 Å². The van der Waals surface area contributed by atoms with Crippen LogP contribution in [0.5, 0.6) is 0 Å². The van der Waals surface area contributed by atoms with Gasteiger partial charge in [-0.15, -0.1) is 10.2 Å². The van der Waals surface area contributed by atoms with Crippen LogP contribution in [-0.2, 0) is 33.8 Å². The molecule has 2 aliphatic rings. The van der Waals surface area contributed by atoms with E-state index >= 15 is 0 Å². The van der Waals surface area contributed by atoms with Gasteiger partial charge < -0.3 is 18.9 Å². The summed E-state index contributed by atoms with van der Waals surface area (Å²) in [6, 6.07) is 0. The van der Waals surface area contributed by atoms with Crippen molar-refractivity contribution >= 4 is 5.91 Å². The standard InChI is InChI=1S/C16H26N4O3/c1-3-14-17-18-15-10-19(7-8-20(14)15)16(21)12(2)23-11-13-6-4-5-9-22-13/h12-13H,3-11H2,1-2H3/t12-,13+/m1/s1. The highest BCUT2D eigenvalue weighted by molar-refractivity contribution is 5.80. The number of nitrogens with zero attached hydrogens (tertiary/aromatic N) is 4. The van der Waals surface area contributed by atoms with Gasteiger partial charge in [-0.1, -0.05) is 6.92 Å². The van der Waals surface area contributed by atoms with E-state index in [1.165, 1.54) is 6.42 Å². The predicted octanol–water partition coefficient (Wildman–Crippen LogP) is 1.16. The number of amides is 1. The number of rotatable bonds is 5. The van der Waals surface area contributed by atoms with E-state index in [0.29, 0.717) is 19.7 Å². The summed E-state index contributed by atoms with van der Waals surface area (Å²) in [5.41, 5.74) is 0. The zero-order chi connectivity index (χ0) is 16.2. The molecule has 3 rings (SSSR count). The molecule has 0 radical (unpaired) electrons. The van der Waals surface area contributed by atoms with Gasteiger partial charge >= 0.3 is 0 Å². The van der Waals surface area contributed by atoms with Crippen LogP contribution in [0.1, 0.15) is 44.8 Å². The lowest BCUT2D eigenvalue weighted by Crippen LogP contribution is -2.44. The summed E-state index contributed by atoms with van der Waals surface area (Å²) in [5.74, 6) is 1.88. The first-order valence-corrected chi connectivity index (χ1v) is 8.62. The first-order valence-electron chi connectivity index (χ1n) is 8.62. The Morgan fingerprint density at radius 2 is 2.26 bits per heavy atom. The molecule has 2 aliphatic heterocycles. The van der Waals surface area contributed by atoms with Crippen LogP contribution < -0.4 is 0 Å². The van der Waals surface area contributed by atoms with Gasteiger partial charge in [0.2, 0.25) is 0 Å². The Morgan fingerprint density at radius 1 is 1.39 bits per heavy atom. The average molecular weight is 322 g/mol. The van der Waals surface area contributed by atoms with E-state index in [4.69, 9.17) is 9.47 Å². The summed E-state index contributed by atoms with van der Waals surface area (Å²) in [5, 5.41) is 8.38. The molecule has 1 fully saturated rings. The number of fused-ring (bicyclic) bond motifs is 1. The maximum atomic E-state index is 12.6. The molecular weight excluding hydrogens is 296 g/mol. The van der Waals surface area contributed by atoms with Gasteiger partial charge in [-0.3, -0.25) is 4.79 Å². The van der Waals surface area contributed by atoms with E-state index < -0.39 is 6.10 Å². The topological polar surface area (TPSA) is 69.5 Å². The fraction of sp³-hybridized carbons (Fsp3) is 0.812. The van der Waals surface area contributed by atoms with Gasteiger partial charge in [0.1, 0.15) is 11.9 Å². The summed E-state index contributed by atoms with van der Waals surface area (Å²) in [6.45, 7) is 7.15. The van der Waals surface area contributed by atoms with Gasteiger partial charge in [-0.05, 0) is 26.2 Å². The van der Waals surface area contributed by atoms with E-state index in [9.17, 15) is 4.79 Å². The van der Waals surface area contributed by atoms with Crippen LogP contribution >= 0.6 is 0 Å². The average Bonchev–Trinajstić information content (AvgIpc) is 3.02. The highest BCUT2D eigenvalue weighted by atomic mass is 16.5. The number of hydrogen-bond acceptors (Lipinski definition) is 5. The fourth-order valence-electron chi connectivity index (χ4n) is 3.19. The van der Waals surface area contributed by atoms with Crippen LogP contribution in [0.3, 0.4) is 0 Å². The van der Waals surface area contributed by atoms with Crippen LogP contribution in [0, 0.1) is 0 Å². The van der Waals surface area contributed by atoms with Crippen LogP contribution in [0.25, 0.3) is 0 Å². The number of aromatic nitrogens is 3. The van der Waals surface area contributed by atoms with Crippen LogP contribution in [-0.4, -0.2) is 57.5 Å². The van der Waals surface area contributed by atoms with Crippen molar-refractivity contribution in [3.63, 3.8) is 0 Å². The Kier molecular flexibility index (Phi) is 5.27. The van der Waals surface area contributed by atoms with Gasteiger partial charge in [0.25, 0.3) is 5.91 Å². The lowest BCUT2D eigenvalue weighted by Gasteiger charge is -2.30. The molecule has 0 bridgehead atoms. The minimum absolute atomic E-state index is 0.0214. The molecule has 0 aromatic carbocycles. The molecular formula is C16H26N4O3. The molecule has 0 unspecified atom stereocenters. The SMILES string of the molecule is CCc1nnc2n1CCN(C(=O)[C@@H](C)OC[C@@H]1CCCCO1)C2. The normalized spacial score (nSPS) is 22.7. The van der Waals surface area contributed by atoms with E-state index in [1.807, 2.05) is 11.8 Å². The molecule has 1 amide bonds. The summed E-state index contributed by atoms with van der Waals surface area (Å²) < 4.78 is 13.5. The minimum Gasteiger partial charge on any atom is -0.376 e. The number of carbonyl (C=O) groups excluding carboxylic acids is 1. The number of carbonyl (C=O) groups is 1. The van der Waals surface area contributed by atoms with Gasteiger partial charge in [0, 0.05) is 26.1 Å². The zero-order valence-electron chi connectivity index (χ0n) is 14.0. The summed E-state index contributed by atoms with van der Waals surface area (Å²) in [4.78, 5) is 14.4. The quantitative estimate of drug-likeness (QED) is 0.813. The second-order valence-electron chi connectivity index (χ2n) is 6.26. The molecule has 7 nitrogen and oxygen atoms in total. The highest BCUT2D eigenvalue weighted by Crippen LogP contribution is 2.16. The summed E-state index contributed by atoms with van der Waals surface area (Å²) >= 11 is 0.